The predicted octanol–water partition coefficient (Wildman–Crippen LogP) is 3.41. The molecule has 0 unspecified atom stereocenters. The molecule has 0 aromatic heterocycles. The quantitative estimate of drug-likeness (QED) is 0.560. The molecule has 0 radical (unpaired) electrons. The molecule has 2 aliphatic rings. The van der Waals surface area contributed by atoms with Crippen LogP contribution in [0.25, 0.3) is 0 Å². The first-order valence-electron chi connectivity index (χ1n) is 12.5. The van der Waals surface area contributed by atoms with Crippen molar-refractivity contribution in [1.82, 2.24) is 9.80 Å². The zero-order chi connectivity index (χ0) is 27.0. The molecule has 0 spiro atoms. The minimum absolute atomic E-state index is 0.0441. The van der Waals surface area contributed by atoms with E-state index in [-0.39, 0.29) is 54.9 Å². The highest BCUT2D eigenvalue weighted by Crippen LogP contribution is 2.39. The van der Waals surface area contributed by atoms with Crippen LogP contribution in [0, 0.1) is 5.41 Å². The summed E-state index contributed by atoms with van der Waals surface area (Å²) in [7, 11) is 3.54. The number of hydrogen-bond donors (Lipinski definition) is 1. The highest BCUT2D eigenvalue weighted by molar-refractivity contribution is 5.85. The zero-order valence-electron chi connectivity index (χ0n) is 22.6. The molecule has 2 fully saturated rings. The number of rotatable bonds is 6. The van der Waals surface area contributed by atoms with E-state index >= 15 is 0 Å². The minimum atomic E-state index is -2.77. The second-order valence-corrected chi connectivity index (χ2v) is 12.2. The molecule has 8 nitrogen and oxygen atoms in total. The van der Waals surface area contributed by atoms with Gasteiger partial charge in [0.15, 0.2) is 6.04 Å². The summed E-state index contributed by atoms with van der Waals surface area (Å²) in [5.74, 6) is -3.30. The summed E-state index contributed by atoms with van der Waals surface area (Å²) in [6.07, 6.45) is -0.855. The number of aliphatic hydroxyl groups is 1. The first-order chi connectivity index (χ1) is 15.8. The molecule has 1 aliphatic carbocycles. The van der Waals surface area contributed by atoms with E-state index in [2.05, 4.69) is 0 Å². The highest BCUT2D eigenvalue weighted by Gasteiger charge is 2.52. The lowest BCUT2D eigenvalue weighted by Crippen LogP contribution is -2.55. The number of carbonyl (C=O) groups is 3. The maximum atomic E-state index is 13.9. The molecular weight excluding hydrogens is 460 g/mol. The van der Waals surface area contributed by atoms with Gasteiger partial charge in [-0.3, -0.25) is 14.2 Å². The van der Waals surface area contributed by atoms with Crippen LogP contribution in [0.1, 0.15) is 73.6 Å². The summed E-state index contributed by atoms with van der Waals surface area (Å²) in [6, 6.07) is -1.83. The Morgan fingerprint density at radius 1 is 1.09 bits per heavy atom. The molecule has 1 saturated carbocycles. The van der Waals surface area contributed by atoms with Crippen LogP contribution in [0.3, 0.4) is 0 Å². The number of quaternary nitrogens is 1. The van der Waals surface area contributed by atoms with Gasteiger partial charge in [-0.1, -0.05) is 0 Å². The Bertz CT molecular complexity index is 799. The molecule has 1 aliphatic heterocycles. The summed E-state index contributed by atoms with van der Waals surface area (Å²) in [5, 5.41) is 9.88. The van der Waals surface area contributed by atoms with Crippen molar-refractivity contribution in [1.29, 1.82) is 0 Å². The van der Waals surface area contributed by atoms with E-state index < -0.39 is 47.8 Å². The Kier molecular flexibility index (Phi) is 8.64. The van der Waals surface area contributed by atoms with Gasteiger partial charge in [-0.25, -0.2) is 18.4 Å². The number of halogens is 2. The average molecular weight is 505 g/mol. The maximum Gasteiger partial charge on any atom is 0.411 e. The molecule has 35 heavy (non-hydrogen) atoms. The number of amides is 3. The number of alkyl halides is 2. The van der Waals surface area contributed by atoms with E-state index in [1.54, 1.807) is 53.6 Å². The first kappa shape index (κ1) is 29.4. The zero-order valence-corrected chi connectivity index (χ0v) is 22.6. The summed E-state index contributed by atoms with van der Waals surface area (Å²) in [6.45, 7) is 10.5. The van der Waals surface area contributed by atoms with Crippen LogP contribution in [0.5, 0.6) is 0 Å². The largest absolute Gasteiger partial charge is 0.444 e. The number of ether oxygens (including phenoxy) is 1. The van der Waals surface area contributed by atoms with Crippen LogP contribution in [0.15, 0.2) is 0 Å². The van der Waals surface area contributed by atoms with Crippen molar-refractivity contribution < 1.29 is 37.5 Å². The summed E-state index contributed by atoms with van der Waals surface area (Å²) in [4.78, 5) is 43.3. The molecule has 1 N–H and O–H groups in total. The van der Waals surface area contributed by atoms with E-state index in [9.17, 15) is 28.3 Å². The van der Waals surface area contributed by atoms with Gasteiger partial charge in [-0.05, 0) is 54.4 Å². The average Bonchev–Trinajstić information content (AvgIpc) is 3.18. The van der Waals surface area contributed by atoms with Gasteiger partial charge in [0.2, 0.25) is 11.8 Å². The van der Waals surface area contributed by atoms with E-state index in [1.807, 2.05) is 6.92 Å². The molecule has 0 aromatic carbocycles. The lowest BCUT2D eigenvalue weighted by molar-refractivity contribution is -0.812. The minimum Gasteiger partial charge on any atom is -0.444 e. The van der Waals surface area contributed by atoms with Gasteiger partial charge in [0.1, 0.15) is 5.60 Å². The predicted molar refractivity (Wildman–Crippen MR) is 128 cm³/mol. The van der Waals surface area contributed by atoms with Crippen molar-refractivity contribution in [3.8, 4) is 0 Å². The number of aliphatic hydroxyl groups excluding tert-OH is 1. The fourth-order valence-electron chi connectivity index (χ4n) is 4.68. The maximum absolute atomic E-state index is 13.9. The van der Waals surface area contributed by atoms with Crippen molar-refractivity contribution in [2.45, 2.75) is 103 Å². The molecule has 2 atom stereocenters. The Hall–Kier alpha value is -1.81. The third-order valence-electron chi connectivity index (χ3n) is 7.26. The Labute approximate surface area is 208 Å². The summed E-state index contributed by atoms with van der Waals surface area (Å²) >= 11 is 0. The summed E-state index contributed by atoms with van der Waals surface area (Å²) in [5.41, 5.74) is -1.90. The molecule has 2 rings (SSSR count). The summed E-state index contributed by atoms with van der Waals surface area (Å²) < 4.78 is 33.5. The van der Waals surface area contributed by atoms with Gasteiger partial charge >= 0.3 is 12.0 Å². The van der Waals surface area contributed by atoms with Gasteiger partial charge in [-0.15, -0.1) is 0 Å². The van der Waals surface area contributed by atoms with Crippen molar-refractivity contribution >= 4 is 17.9 Å². The van der Waals surface area contributed by atoms with Crippen LogP contribution < -0.4 is 0 Å². The van der Waals surface area contributed by atoms with E-state index in [1.165, 1.54) is 4.90 Å². The van der Waals surface area contributed by atoms with Gasteiger partial charge in [-0.2, -0.15) is 0 Å². The number of hydrogen-bond acceptors (Lipinski definition) is 5. The van der Waals surface area contributed by atoms with Crippen molar-refractivity contribution in [3.05, 3.63) is 0 Å². The third kappa shape index (κ3) is 6.90. The van der Waals surface area contributed by atoms with Gasteiger partial charge < -0.3 is 14.7 Å². The lowest BCUT2D eigenvalue weighted by Gasteiger charge is -2.43. The molecular formula is C25H44F2N3O5+. The van der Waals surface area contributed by atoms with Crippen LogP contribution in [0.2, 0.25) is 0 Å². The van der Waals surface area contributed by atoms with Crippen LogP contribution in [0.4, 0.5) is 13.6 Å². The second-order valence-electron chi connectivity index (χ2n) is 12.2. The Morgan fingerprint density at radius 3 is 2.09 bits per heavy atom. The second kappa shape index (κ2) is 10.3. The fraction of sp³-hybridized carbons (Fsp3) is 0.880. The highest BCUT2D eigenvalue weighted by atomic mass is 19.3. The lowest BCUT2D eigenvalue weighted by atomic mass is 9.86. The van der Waals surface area contributed by atoms with E-state index in [4.69, 9.17) is 4.74 Å². The smallest absolute Gasteiger partial charge is 0.411 e. The number of carbonyl (C=O) groups excluding carboxylic acids is 3. The van der Waals surface area contributed by atoms with Crippen molar-refractivity contribution in [3.63, 3.8) is 0 Å². The van der Waals surface area contributed by atoms with E-state index in [0.29, 0.717) is 6.54 Å². The molecule has 1 saturated heterocycles. The van der Waals surface area contributed by atoms with Gasteiger partial charge in [0.05, 0.1) is 38.7 Å². The number of likely N-dealkylation sites (N-methyl/N-ethyl adjacent to an activating group) is 1. The molecule has 3 amide bonds. The third-order valence-corrected chi connectivity index (χ3v) is 7.26. The number of nitrogens with zero attached hydrogens (tertiary/aromatic N) is 3. The fourth-order valence-corrected chi connectivity index (χ4v) is 4.68. The Morgan fingerprint density at radius 2 is 1.63 bits per heavy atom. The van der Waals surface area contributed by atoms with Gasteiger partial charge in [0.25, 0.3) is 0 Å². The molecule has 0 aromatic rings. The molecule has 202 valence electrons. The molecule has 1 heterocycles. The van der Waals surface area contributed by atoms with E-state index in [0.717, 1.165) is 0 Å². The van der Waals surface area contributed by atoms with Crippen molar-refractivity contribution in [2.75, 3.05) is 33.8 Å². The molecule has 0 bridgehead atoms. The topological polar surface area (TPSA) is 87.2 Å². The SMILES string of the molecule is CC[N+](C)(C)C(=O)[C@@H]1C[C@H](N(C(=O)C(C)(C)CO)C2CCC(F)(F)CC2)CN1C(=O)OC(C)(C)C. The first-order valence-corrected chi connectivity index (χ1v) is 12.5. The standard InChI is InChI=1S/C25H44F2N3O5/c1-9-30(7,8)20(32)19-14-18(15-28(19)22(34)35-23(2,3)4)29(21(33)24(5,6)16-31)17-10-12-25(26,27)13-11-17/h17-19,31H,9-16H2,1-8H3/q+1/t18-,19-/m0/s1. The number of likely N-dealkylation sites (tertiary alicyclic amines) is 1. The van der Waals surface area contributed by atoms with Crippen molar-refractivity contribution in [2.24, 2.45) is 5.41 Å². The monoisotopic (exact) mass is 504 g/mol. The van der Waals surface area contributed by atoms with Crippen LogP contribution in [-0.4, -0.2) is 101 Å². The van der Waals surface area contributed by atoms with Crippen LogP contribution in [-0.2, 0) is 14.3 Å². The van der Waals surface area contributed by atoms with Gasteiger partial charge in [0, 0.05) is 31.8 Å². The molecule has 10 heteroatoms. The van der Waals surface area contributed by atoms with Crippen LogP contribution >= 0.6 is 0 Å². The normalized spacial score (nSPS) is 23.8. The Balaban J connectivity index is 2.45.